The van der Waals surface area contributed by atoms with Crippen LogP contribution in [0, 0.1) is 17.1 Å². The second-order valence-corrected chi connectivity index (χ2v) is 6.01. The highest BCUT2D eigenvalue weighted by Gasteiger charge is 2.36. The van der Waals surface area contributed by atoms with Gasteiger partial charge in [0.2, 0.25) is 0 Å². The van der Waals surface area contributed by atoms with Gasteiger partial charge in [-0.3, -0.25) is 0 Å². The molecular formula is C16H16FN5. The molecule has 5 nitrogen and oxygen atoms in total. The van der Waals surface area contributed by atoms with Gasteiger partial charge in [-0.1, -0.05) is 0 Å². The van der Waals surface area contributed by atoms with Crippen LogP contribution in [0.2, 0.25) is 0 Å². The highest BCUT2D eigenvalue weighted by Crippen LogP contribution is 2.44. The molecule has 2 fully saturated rings. The summed E-state index contributed by atoms with van der Waals surface area (Å²) in [6.07, 6.45) is 4.78. The Kier molecular flexibility index (Phi) is 3.07. The molecule has 6 heteroatoms. The minimum atomic E-state index is -0.403. The molecule has 0 atom stereocenters. The van der Waals surface area contributed by atoms with Gasteiger partial charge in [0.1, 0.15) is 17.7 Å². The molecular weight excluding hydrogens is 281 g/mol. The van der Waals surface area contributed by atoms with Gasteiger partial charge in [0, 0.05) is 12.0 Å². The molecule has 1 N–H and O–H groups in total. The quantitative estimate of drug-likeness (QED) is 0.920. The second kappa shape index (κ2) is 5.09. The van der Waals surface area contributed by atoms with E-state index in [0.717, 1.165) is 11.6 Å². The zero-order chi connectivity index (χ0) is 15.1. The Bertz CT molecular complexity index is 752. The third-order valence-corrected chi connectivity index (χ3v) is 4.19. The lowest BCUT2D eigenvalue weighted by molar-refractivity contribution is 0.627. The van der Waals surface area contributed by atoms with Crippen molar-refractivity contribution in [1.29, 1.82) is 5.26 Å². The molecule has 1 aromatic heterocycles. The van der Waals surface area contributed by atoms with Crippen molar-refractivity contribution in [1.82, 2.24) is 14.8 Å². The molecule has 1 aromatic carbocycles. The van der Waals surface area contributed by atoms with Crippen LogP contribution in [0.4, 0.5) is 10.1 Å². The minimum Gasteiger partial charge on any atom is -0.377 e. The molecule has 0 amide bonds. The van der Waals surface area contributed by atoms with Gasteiger partial charge >= 0.3 is 0 Å². The number of nitrogens with one attached hydrogen (secondary N) is 1. The van der Waals surface area contributed by atoms with Crippen molar-refractivity contribution < 1.29 is 4.39 Å². The molecule has 0 unspecified atom stereocenters. The van der Waals surface area contributed by atoms with Gasteiger partial charge in [0.05, 0.1) is 17.8 Å². The first-order valence-electron chi connectivity index (χ1n) is 7.63. The molecule has 0 radical (unpaired) electrons. The normalized spacial score (nSPS) is 17.3. The Morgan fingerprint density at radius 2 is 2.09 bits per heavy atom. The van der Waals surface area contributed by atoms with E-state index in [1.165, 1.54) is 37.8 Å². The van der Waals surface area contributed by atoms with Crippen molar-refractivity contribution in [2.24, 2.45) is 0 Å². The number of halogens is 1. The SMILES string of the molecule is N#Cc1cc(F)ccc1NCc1nnc(C2CC2)n1C1CC1. The van der Waals surface area contributed by atoms with Gasteiger partial charge < -0.3 is 9.88 Å². The second-order valence-electron chi connectivity index (χ2n) is 6.01. The maximum absolute atomic E-state index is 13.2. The van der Waals surface area contributed by atoms with E-state index in [2.05, 4.69) is 20.1 Å². The number of aromatic nitrogens is 3. The largest absolute Gasteiger partial charge is 0.377 e. The topological polar surface area (TPSA) is 66.5 Å². The Morgan fingerprint density at radius 3 is 2.77 bits per heavy atom. The van der Waals surface area contributed by atoms with E-state index in [4.69, 9.17) is 5.26 Å². The van der Waals surface area contributed by atoms with Gasteiger partial charge in [-0.15, -0.1) is 10.2 Å². The monoisotopic (exact) mass is 297 g/mol. The van der Waals surface area contributed by atoms with E-state index < -0.39 is 5.82 Å². The van der Waals surface area contributed by atoms with Crippen LogP contribution in [0.15, 0.2) is 18.2 Å². The molecule has 0 aliphatic heterocycles. The summed E-state index contributed by atoms with van der Waals surface area (Å²) in [5.74, 6) is 2.18. The smallest absolute Gasteiger partial charge is 0.152 e. The maximum Gasteiger partial charge on any atom is 0.152 e. The molecule has 22 heavy (non-hydrogen) atoms. The van der Waals surface area contributed by atoms with Crippen molar-refractivity contribution in [3.05, 3.63) is 41.2 Å². The van der Waals surface area contributed by atoms with Gasteiger partial charge in [0.25, 0.3) is 0 Å². The zero-order valence-electron chi connectivity index (χ0n) is 12.1. The number of nitriles is 1. The summed E-state index contributed by atoms with van der Waals surface area (Å²) in [7, 11) is 0. The third-order valence-electron chi connectivity index (χ3n) is 4.19. The molecule has 2 aliphatic carbocycles. The van der Waals surface area contributed by atoms with Crippen LogP contribution in [-0.4, -0.2) is 14.8 Å². The first-order chi connectivity index (χ1) is 10.8. The summed E-state index contributed by atoms with van der Waals surface area (Å²) in [5.41, 5.74) is 0.933. The van der Waals surface area contributed by atoms with E-state index in [1.807, 2.05) is 6.07 Å². The summed E-state index contributed by atoms with van der Waals surface area (Å²) < 4.78 is 15.4. The van der Waals surface area contributed by atoms with E-state index in [0.29, 0.717) is 29.8 Å². The first kappa shape index (κ1) is 13.3. The molecule has 0 saturated heterocycles. The molecule has 2 aromatic rings. The predicted octanol–water partition coefficient (Wildman–Crippen LogP) is 3.11. The molecule has 0 bridgehead atoms. The van der Waals surface area contributed by atoms with Crippen molar-refractivity contribution in [3.63, 3.8) is 0 Å². The van der Waals surface area contributed by atoms with Gasteiger partial charge in [0.15, 0.2) is 5.82 Å². The molecule has 112 valence electrons. The minimum absolute atomic E-state index is 0.305. The number of benzene rings is 1. The lowest BCUT2D eigenvalue weighted by atomic mass is 10.2. The Morgan fingerprint density at radius 1 is 1.27 bits per heavy atom. The van der Waals surface area contributed by atoms with E-state index >= 15 is 0 Å². The zero-order valence-corrected chi connectivity index (χ0v) is 12.1. The summed E-state index contributed by atoms with van der Waals surface area (Å²) in [4.78, 5) is 0. The van der Waals surface area contributed by atoms with E-state index in [-0.39, 0.29) is 0 Å². The average molecular weight is 297 g/mol. The first-order valence-corrected chi connectivity index (χ1v) is 7.63. The average Bonchev–Trinajstić information content (AvgIpc) is 3.44. The Hall–Kier alpha value is -2.42. The van der Waals surface area contributed by atoms with Crippen molar-refractivity contribution in [2.45, 2.75) is 44.2 Å². The van der Waals surface area contributed by atoms with Crippen LogP contribution in [0.25, 0.3) is 0 Å². The van der Waals surface area contributed by atoms with Crippen LogP contribution >= 0.6 is 0 Å². The van der Waals surface area contributed by atoms with Crippen molar-refractivity contribution in [2.75, 3.05) is 5.32 Å². The highest BCUT2D eigenvalue weighted by atomic mass is 19.1. The van der Waals surface area contributed by atoms with E-state index in [9.17, 15) is 4.39 Å². The predicted molar refractivity (Wildman–Crippen MR) is 78.7 cm³/mol. The summed E-state index contributed by atoms with van der Waals surface area (Å²) >= 11 is 0. The van der Waals surface area contributed by atoms with Crippen molar-refractivity contribution >= 4 is 5.69 Å². The van der Waals surface area contributed by atoms with Crippen LogP contribution < -0.4 is 5.32 Å². The van der Waals surface area contributed by atoms with Crippen LogP contribution in [-0.2, 0) is 6.54 Å². The number of nitrogens with zero attached hydrogens (tertiary/aromatic N) is 4. The summed E-state index contributed by atoms with van der Waals surface area (Å²) in [6, 6.07) is 6.73. The number of hydrogen-bond donors (Lipinski definition) is 1. The Labute approximate surface area is 127 Å². The summed E-state index contributed by atoms with van der Waals surface area (Å²) in [6.45, 7) is 0.497. The summed E-state index contributed by atoms with van der Waals surface area (Å²) in [5, 5.41) is 21.0. The highest BCUT2D eigenvalue weighted by molar-refractivity contribution is 5.57. The van der Waals surface area contributed by atoms with Crippen LogP contribution in [0.5, 0.6) is 0 Å². The lowest BCUT2D eigenvalue weighted by Gasteiger charge is -2.11. The fraction of sp³-hybridized carbons (Fsp3) is 0.438. The van der Waals surface area contributed by atoms with Crippen LogP contribution in [0.3, 0.4) is 0 Å². The van der Waals surface area contributed by atoms with Gasteiger partial charge in [-0.25, -0.2) is 4.39 Å². The number of hydrogen-bond acceptors (Lipinski definition) is 4. The standard InChI is InChI=1S/C16H16FN5/c17-12-3-6-14(11(7-12)8-18)19-9-15-20-21-16(10-1-2-10)22(15)13-4-5-13/h3,6-7,10,13,19H,1-2,4-5,9H2. The van der Waals surface area contributed by atoms with E-state index in [1.54, 1.807) is 6.07 Å². The fourth-order valence-corrected chi connectivity index (χ4v) is 2.75. The van der Waals surface area contributed by atoms with Gasteiger partial charge in [-0.05, 0) is 43.9 Å². The molecule has 4 rings (SSSR count). The van der Waals surface area contributed by atoms with Crippen LogP contribution in [0.1, 0.15) is 54.9 Å². The lowest BCUT2D eigenvalue weighted by Crippen LogP contribution is -2.10. The molecule has 0 spiro atoms. The Balaban J connectivity index is 1.56. The molecule has 1 heterocycles. The molecule has 2 aliphatic rings. The molecule has 2 saturated carbocycles. The number of anilines is 1. The fourth-order valence-electron chi connectivity index (χ4n) is 2.75. The number of rotatable bonds is 5. The van der Waals surface area contributed by atoms with Gasteiger partial charge in [-0.2, -0.15) is 5.26 Å². The maximum atomic E-state index is 13.2. The third kappa shape index (κ3) is 2.43. The van der Waals surface area contributed by atoms with Crippen molar-refractivity contribution in [3.8, 4) is 6.07 Å².